The zero-order chi connectivity index (χ0) is 14.8. The monoisotopic (exact) mass is 284 g/mol. The number of hydrogen-bond donors (Lipinski definition) is 2. The van der Waals surface area contributed by atoms with Crippen LogP contribution in [0.15, 0.2) is 0 Å². The fourth-order valence-corrected chi connectivity index (χ4v) is 2.93. The Morgan fingerprint density at radius 2 is 2.05 bits per heavy atom. The molecule has 0 aromatic carbocycles. The van der Waals surface area contributed by atoms with E-state index in [1.807, 2.05) is 6.92 Å². The molecule has 0 radical (unpaired) electrons. The van der Waals surface area contributed by atoms with Gasteiger partial charge in [-0.15, -0.1) is 0 Å². The highest BCUT2D eigenvalue weighted by atomic mass is 16.5. The van der Waals surface area contributed by atoms with Crippen LogP contribution in [0.3, 0.4) is 0 Å². The number of carboxylic acids is 1. The van der Waals surface area contributed by atoms with E-state index in [9.17, 15) is 14.7 Å². The van der Waals surface area contributed by atoms with E-state index in [4.69, 9.17) is 4.74 Å². The van der Waals surface area contributed by atoms with E-state index >= 15 is 0 Å². The lowest BCUT2D eigenvalue weighted by Gasteiger charge is -2.30. The Bertz CT molecular complexity index is 381. The molecule has 2 saturated heterocycles. The van der Waals surface area contributed by atoms with Gasteiger partial charge in [-0.2, -0.15) is 0 Å². The molecule has 2 aliphatic rings. The normalized spacial score (nSPS) is 29.2. The Morgan fingerprint density at radius 1 is 1.40 bits per heavy atom. The van der Waals surface area contributed by atoms with Crippen LogP contribution in [0, 0.1) is 11.3 Å². The van der Waals surface area contributed by atoms with Gasteiger partial charge >= 0.3 is 12.0 Å². The van der Waals surface area contributed by atoms with Crippen molar-refractivity contribution in [1.29, 1.82) is 0 Å². The Labute approximate surface area is 119 Å². The van der Waals surface area contributed by atoms with Crippen molar-refractivity contribution in [1.82, 2.24) is 10.2 Å². The van der Waals surface area contributed by atoms with Crippen LogP contribution < -0.4 is 5.32 Å². The summed E-state index contributed by atoms with van der Waals surface area (Å²) < 4.78 is 5.32. The first-order chi connectivity index (χ1) is 9.42. The van der Waals surface area contributed by atoms with E-state index in [2.05, 4.69) is 5.32 Å². The predicted octanol–water partition coefficient (Wildman–Crippen LogP) is 1.31. The number of urea groups is 1. The molecule has 20 heavy (non-hydrogen) atoms. The fourth-order valence-electron chi connectivity index (χ4n) is 2.93. The first kappa shape index (κ1) is 15.1. The minimum absolute atomic E-state index is 0.100. The van der Waals surface area contributed by atoms with E-state index in [0.717, 1.165) is 26.1 Å². The Kier molecular flexibility index (Phi) is 4.52. The van der Waals surface area contributed by atoms with Crippen molar-refractivity contribution in [2.24, 2.45) is 11.3 Å². The number of carbonyl (C=O) groups is 2. The topological polar surface area (TPSA) is 78.9 Å². The molecule has 2 rings (SSSR count). The number of hydrogen-bond acceptors (Lipinski definition) is 3. The maximum atomic E-state index is 12.2. The van der Waals surface area contributed by atoms with Gasteiger partial charge < -0.3 is 20.1 Å². The Balaban J connectivity index is 1.84. The smallest absolute Gasteiger partial charge is 0.317 e. The lowest BCUT2D eigenvalue weighted by Crippen LogP contribution is -2.47. The molecule has 2 heterocycles. The third kappa shape index (κ3) is 3.23. The second-order valence-corrected chi connectivity index (χ2v) is 6.23. The van der Waals surface area contributed by atoms with Crippen LogP contribution in [0.2, 0.25) is 0 Å². The second kappa shape index (κ2) is 5.99. The number of likely N-dealkylation sites (tertiary alicyclic amines) is 1. The lowest BCUT2D eigenvalue weighted by molar-refractivity contribution is -0.147. The summed E-state index contributed by atoms with van der Waals surface area (Å²) in [6, 6.07) is -0.0444. The number of aliphatic carboxylic acids is 1. The summed E-state index contributed by atoms with van der Waals surface area (Å²) in [5, 5.41) is 12.2. The van der Waals surface area contributed by atoms with Gasteiger partial charge in [-0.1, -0.05) is 0 Å². The molecule has 2 atom stereocenters. The van der Waals surface area contributed by atoms with Crippen LogP contribution in [0.1, 0.15) is 33.1 Å². The summed E-state index contributed by atoms with van der Waals surface area (Å²) >= 11 is 0. The molecule has 2 unspecified atom stereocenters. The van der Waals surface area contributed by atoms with Crippen molar-refractivity contribution >= 4 is 12.0 Å². The SMILES string of the molecule is CC(NC(=O)N1CCC(C)(C(=O)O)C1)C1CCOCC1. The van der Waals surface area contributed by atoms with Crippen LogP contribution in [0.4, 0.5) is 4.79 Å². The average Bonchev–Trinajstić information content (AvgIpc) is 2.84. The number of amides is 2. The summed E-state index contributed by atoms with van der Waals surface area (Å²) in [7, 11) is 0. The van der Waals surface area contributed by atoms with E-state index < -0.39 is 11.4 Å². The largest absolute Gasteiger partial charge is 0.481 e. The first-order valence-corrected chi connectivity index (χ1v) is 7.29. The van der Waals surface area contributed by atoms with Gasteiger partial charge in [0.2, 0.25) is 0 Å². The molecule has 0 saturated carbocycles. The second-order valence-electron chi connectivity index (χ2n) is 6.23. The fraction of sp³-hybridized carbons (Fsp3) is 0.857. The summed E-state index contributed by atoms with van der Waals surface area (Å²) in [5.74, 6) is -0.383. The van der Waals surface area contributed by atoms with Crippen molar-refractivity contribution < 1.29 is 19.4 Å². The van der Waals surface area contributed by atoms with Crippen LogP contribution >= 0.6 is 0 Å². The average molecular weight is 284 g/mol. The molecule has 6 heteroatoms. The summed E-state index contributed by atoms with van der Waals surface area (Å²) in [5.41, 5.74) is -0.806. The summed E-state index contributed by atoms with van der Waals surface area (Å²) in [6.07, 6.45) is 2.45. The number of ether oxygens (including phenoxy) is 1. The zero-order valence-corrected chi connectivity index (χ0v) is 12.2. The quantitative estimate of drug-likeness (QED) is 0.819. The molecular formula is C14H24N2O4. The minimum Gasteiger partial charge on any atom is -0.481 e. The highest BCUT2D eigenvalue weighted by molar-refractivity contribution is 5.79. The highest BCUT2D eigenvalue weighted by Gasteiger charge is 2.42. The number of carbonyl (C=O) groups excluding carboxylic acids is 1. The number of nitrogens with zero attached hydrogens (tertiary/aromatic N) is 1. The third-order valence-electron chi connectivity index (χ3n) is 4.60. The molecule has 2 fully saturated rings. The van der Waals surface area contributed by atoms with Crippen molar-refractivity contribution in [3.05, 3.63) is 0 Å². The molecule has 2 N–H and O–H groups in total. The van der Waals surface area contributed by atoms with Crippen molar-refractivity contribution in [2.75, 3.05) is 26.3 Å². The van der Waals surface area contributed by atoms with Crippen molar-refractivity contribution in [2.45, 2.75) is 39.2 Å². The molecule has 2 amide bonds. The van der Waals surface area contributed by atoms with Crippen molar-refractivity contribution in [3.8, 4) is 0 Å². The van der Waals surface area contributed by atoms with Gasteiger partial charge in [-0.25, -0.2) is 4.79 Å². The zero-order valence-electron chi connectivity index (χ0n) is 12.2. The first-order valence-electron chi connectivity index (χ1n) is 7.29. The van der Waals surface area contributed by atoms with Gasteiger partial charge in [-0.3, -0.25) is 4.79 Å². The number of rotatable bonds is 3. The van der Waals surface area contributed by atoms with Gasteiger partial charge in [0.25, 0.3) is 0 Å². The molecule has 0 spiro atoms. The van der Waals surface area contributed by atoms with E-state index in [1.54, 1.807) is 11.8 Å². The van der Waals surface area contributed by atoms with Gasteiger partial charge in [0, 0.05) is 32.3 Å². The minimum atomic E-state index is -0.828. The molecule has 0 aliphatic carbocycles. The Morgan fingerprint density at radius 3 is 2.60 bits per heavy atom. The summed E-state index contributed by atoms with van der Waals surface area (Å²) in [4.78, 5) is 25.0. The molecular weight excluding hydrogens is 260 g/mol. The maximum Gasteiger partial charge on any atom is 0.317 e. The molecule has 2 aliphatic heterocycles. The van der Waals surface area contributed by atoms with Gasteiger partial charge in [-0.05, 0) is 39.0 Å². The molecule has 0 aromatic heterocycles. The number of nitrogens with one attached hydrogen (secondary N) is 1. The maximum absolute atomic E-state index is 12.2. The van der Waals surface area contributed by atoms with Crippen LogP contribution in [-0.2, 0) is 9.53 Å². The standard InChI is InChI=1S/C14H24N2O4/c1-10(11-3-7-20-8-4-11)15-13(19)16-6-5-14(2,9-16)12(17)18/h10-11H,3-9H2,1-2H3,(H,15,19)(H,17,18). The van der Waals surface area contributed by atoms with Crippen LogP contribution in [0.25, 0.3) is 0 Å². The van der Waals surface area contributed by atoms with E-state index in [-0.39, 0.29) is 18.6 Å². The predicted molar refractivity (Wildman–Crippen MR) is 73.5 cm³/mol. The van der Waals surface area contributed by atoms with Crippen molar-refractivity contribution in [3.63, 3.8) is 0 Å². The highest BCUT2D eigenvalue weighted by Crippen LogP contribution is 2.30. The molecule has 0 bridgehead atoms. The van der Waals surface area contributed by atoms with E-state index in [0.29, 0.717) is 18.9 Å². The lowest BCUT2D eigenvalue weighted by atomic mass is 9.90. The van der Waals surface area contributed by atoms with Crippen LogP contribution in [-0.4, -0.2) is 54.4 Å². The third-order valence-corrected chi connectivity index (χ3v) is 4.60. The summed E-state index contributed by atoms with van der Waals surface area (Å²) in [6.45, 7) is 6.02. The van der Waals surface area contributed by atoms with Crippen LogP contribution in [0.5, 0.6) is 0 Å². The molecule has 6 nitrogen and oxygen atoms in total. The van der Waals surface area contributed by atoms with Gasteiger partial charge in [0.05, 0.1) is 5.41 Å². The Hall–Kier alpha value is -1.30. The van der Waals surface area contributed by atoms with Gasteiger partial charge in [0.15, 0.2) is 0 Å². The number of carboxylic acid groups (broad SMARTS) is 1. The molecule has 114 valence electrons. The van der Waals surface area contributed by atoms with E-state index in [1.165, 1.54) is 0 Å². The molecule has 0 aromatic rings. The van der Waals surface area contributed by atoms with Gasteiger partial charge in [0.1, 0.15) is 0 Å².